The number of benzene rings is 1. The molecule has 1 aromatic carbocycles. The van der Waals surface area contributed by atoms with Crippen LogP contribution in [-0.4, -0.2) is 30.7 Å². The minimum atomic E-state index is -3.85. The second-order valence-electron chi connectivity index (χ2n) is 8.47. The van der Waals surface area contributed by atoms with Crippen molar-refractivity contribution in [3.63, 3.8) is 0 Å². The summed E-state index contributed by atoms with van der Waals surface area (Å²) in [5, 5.41) is 0. The van der Waals surface area contributed by atoms with E-state index in [1.165, 1.54) is 30.6 Å². The van der Waals surface area contributed by atoms with E-state index in [9.17, 15) is 18.0 Å². The van der Waals surface area contributed by atoms with Gasteiger partial charge in [0, 0.05) is 23.9 Å². The molecule has 2 unspecified atom stereocenters. The van der Waals surface area contributed by atoms with Gasteiger partial charge in [-0.15, -0.1) is 0 Å². The van der Waals surface area contributed by atoms with E-state index in [4.69, 9.17) is 4.74 Å². The van der Waals surface area contributed by atoms with Crippen molar-refractivity contribution in [1.29, 1.82) is 0 Å². The predicted molar refractivity (Wildman–Crippen MR) is 118 cm³/mol. The highest BCUT2D eigenvalue weighted by molar-refractivity contribution is 7.90. The van der Waals surface area contributed by atoms with Gasteiger partial charge < -0.3 is 4.74 Å². The largest absolute Gasteiger partial charge is 0.465 e. The average Bonchev–Trinajstić information content (AvgIpc) is 3.33. The van der Waals surface area contributed by atoms with Gasteiger partial charge in [0.25, 0.3) is 10.0 Å². The quantitative estimate of drug-likeness (QED) is 0.275. The van der Waals surface area contributed by atoms with E-state index >= 15 is 0 Å². The molecule has 7 heteroatoms. The van der Waals surface area contributed by atoms with Crippen LogP contribution in [-0.2, 0) is 19.6 Å². The van der Waals surface area contributed by atoms with Crippen LogP contribution in [0, 0.1) is 23.2 Å². The number of carbonyl (C=O) groups is 2. The van der Waals surface area contributed by atoms with Crippen LogP contribution in [0.4, 0.5) is 0 Å². The second kappa shape index (κ2) is 8.46. The highest BCUT2D eigenvalue weighted by Gasteiger charge is 2.55. The molecule has 1 aliphatic carbocycles. The Hall–Kier alpha value is -2.67. The first kappa shape index (κ1) is 23.0. The summed E-state index contributed by atoms with van der Waals surface area (Å²) in [5.41, 5.74) is -0.484. The lowest BCUT2D eigenvalue weighted by Gasteiger charge is -2.35. The number of aromatic nitrogens is 1. The van der Waals surface area contributed by atoms with Crippen LogP contribution in [0.1, 0.15) is 44.5 Å². The van der Waals surface area contributed by atoms with Crippen LogP contribution in [0.5, 0.6) is 0 Å². The van der Waals surface area contributed by atoms with Gasteiger partial charge in [-0.3, -0.25) is 9.59 Å². The third-order valence-electron chi connectivity index (χ3n) is 6.37. The maximum atomic E-state index is 13.7. The van der Waals surface area contributed by atoms with Gasteiger partial charge >= 0.3 is 5.97 Å². The molecule has 6 nitrogen and oxygen atoms in total. The van der Waals surface area contributed by atoms with Crippen molar-refractivity contribution < 1.29 is 22.7 Å². The summed E-state index contributed by atoms with van der Waals surface area (Å²) in [6.45, 7) is 11.7. The zero-order valence-corrected chi connectivity index (χ0v) is 19.2. The first-order valence-electron chi connectivity index (χ1n) is 10.4. The number of hydrogen-bond donors (Lipinski definition) is 0. The normalized spacial score (nSPS) is 23.4. The van der Waals surface area contributed by atoms with Crippen molar-refractivity contribution in [1.82, 2.24) is 3.97 Å². The fourth-order valence-corrected chi connectivity index (χ4v) is 5.99. The van der Waals surface area contributed by atoms with Crippen LogP contribution >= 0.6 is 0 Å². The Bertz CT molecular complexity index is 1100. The number of allylic oxidation sites excluding steroid dienone is 1. The predicted octanol–water partition coefficient (Wildman–Crippen LogP) is 4.33. The van der Waals surface area contributed by atoms with E-state index in [0.29, 0.717) is 0 Å². The van der Waals surface area contributed by atoms with Crippen LogP contribution < -0.4 is 0 Å². The summed E-state index contributed by atoms with van der Waals surface area (Å²) in [7, 11) is -3.85. The van der Waals surface area contributed by atoms with Crippen LogP contribution in [0.2, 0.25) is 0 Å². The molecule has 0 aliphatic heterocycles. The Morgan fingerprint density at radius 1 is 1.19 bits per heavy atom. The first-order chi connectivity index (χ1) is 14.5. The van der Waals surface area contributed by atoms with Crippen molar-refractivity contribution >= 4 is 21.8 Å². The van der Waals surface area contributed by atoms with Crippen LogP contribution in [0.15, 0.2) is 65.8 Å². The highest BCUT2D eigenvalue weighted by Crippen LogP contribution is 2.51. The number of esters is 1. The standard InChI is InChI=1S/C24H29NO5S/c1-6-30-23(27)24(5,21-17(3)14-16(2)18(21)4)22(26)19-12-13-25(15-19)31(28,29)20-10-8-7-9-11-20/h7-13,15-17,21H,4,6,14H2,1-3,5H3/t16-,17+,21?,24?/m0/s1. The topological polar surface area (TPSA) is 82.4 Å². The molecule has 0 spiro atoms. The Labute approximate surface area is 184 Å². The lowest BCUT2D eigenvalue weighted by molar-refractivity contribution is -0.154. The van der Waals surface area contributed by atoms with Gasteiger partial charge in [0.2, 0.25) is 0 Å². The van der Waals surface area contributed by atoms with Gasteiger partial charge in [0.1, 0.15) is 5.41 Å². The van der Waals surface area contributed by atoms with E-state index < -0.39 is 27.2 Å². The lowest BCUT2D eigenvalue weighted by Crippen LogP contribution is -2.46. The monoisotopic (exact) mass is 443 g/mol. The molecule has 0 N–H and O–H groups in total. The molecule has 1 fully saturated rings. The van der Waals surface area contributed by atoms with Gasteiger partial charge in [0.05, 0.1) is 11.5 Å². The molecule has 0 radical (unpaired) electrons. The van der Waals surface area contributed by atoms with E-state index in [1.807, 2.05) is 13.8 Å². The number of Topliss-reactive ketones (excluding diaryl/α,β-unsaturated/α-hetero) is 1. The number of rotatable bonds is 7. The molecule has 2 aromatic rings. The lowest BCUT2D eigenvalue weighted by atomic mass is 9.67. The molecular formula is C24H29NO5S. The second-order valence-corrected chi connectivity index (χ2v) is 10.3. The number of ether oxygens (including phenoxy) is 1. The Kier molecular flexibility index (Phi) is 6.28. The average molecular weight is 444 g/mol. The van der Waals surface area contributed by atoms with Gasteiger partial charge in [-0.05, 0) is 50.3 Å². The van der Waals surface area contributed by atoms with Crippen molar-refractivity contribution in [3.8, 4) is 0 Å². The summed E-state index contributed by atoms with van der Waals surface area (Å²) in [4.78, 5) is 26.9. The molecular weight excluding hydrogens is 414 g/mol. The molecule has 1 heterocycles. The number of ketones is 1. The molecule has 31 heavy (non-hydrogen) atoms. The Balaban J connectivity index is 2.04. The zero-order chi connectivity index (χ0) is 23.0. The molecule has 1 aliphatic rings. The third kappa shape index (κ3) is 3.87. The van der Waals surface area contributed by atoms with Crippen molar-refractivity contribution in [2.75, 3.05) is 6.61 Å². The summed E-state index contributed by atoms with van der Waals surface area (Å²) in [6, 6.07) is 9.41. The first-order valence-corrected chi connectivity index (χ1v) is 11.9. The molecule has 0 amide bonds. The maximum Gasteiger partial charge on any atom is 0.320 e. The Morgan fingerprint density at radius 2 is 1.84 bits per heavy atom. The van der Waals surface area contributed by atoms with Crippen molar-refractivity contribution in [2.45, 2.75) is 39.0 Å². The number of hydrogen-bond acceptors (Lipinski definition) is 5. The minimum absolute atomic E-state index is 0.0657. The number of nitrogens with zero attached hydrogens (tertiary/aromatic N) is 1. The minimum Gasteiger partial charge on any atom is -0.465 e. The summed E-state index contributed by atoms with van der Waals surface area (Å²) < 4.78 is 32.1. The van der Waals surface area contributed by atoms with Crippen molar-refractivity contribution in [2.24, 2.45) is 23.2 Å². The van der Waals surface area contributed by atoms with Crippen molar-refractivity contribution in [3.05, 3.63) is 66.5 Å². The molecule has 1 saturated carbocycles. The maximum absolute atomic E-state index is 13.7. The SMILES string of the molecule is C=C1C(C(C)(C(=O)OCC)C(=O)c2ccn(S(=O)(=O)c3ccccc3)c2)[C@H](C)C[C@@H]1C. The fraction of sp³-hybridized carbons (Fsp3) is 0.417. The molecule has 3 rings (SSSR count). The zero-order valence-electron chi connectivity index (χ0n) is 18.4. The molecule has 0 bridgehead atoms. The smallest absolute Gasteiger partial charge is 0.320 e. The molecule has 4 atom stereocenters. The van der Waals surface area contributed by atoms with Crippen LogP contribution in [0.25, 0.3) is 0 Å². The van der Waals surface area contributed by atoms with Gasteiger partial charge in [-0.25, -0.2) is 12.4 Å². The van der Waals surface area contributed by atoms with Gasteiger partial charge in [-0.2, -0.15) is 0 Å². The van der Waals surface area contributed by atoms with Crippen LogP contribution in [0.3, 0.4) is 0 Å². The van der Waals surface area contributed by atoms with E-state index in [0.717, 1.165) is 16.0 Å². The van der Waals surface area contributed by atoms with Gasteiger partial charge in [0.15, 0.2) is 5.78 Å². The van der Waals surface area contributed by atoms with E-state index in [2.05, 4.69) is 6.58 Å². The Morgan fingerprint density at radius 3 is 2.39 bits per heavy atom. The number of carbonyl (C=O) groups excluding carboxylic acids is 2. The van der Waals surface area contributed by atoms with E-state index in [-0.39, 0.29) is 34.8 Å². The third-order valence-corrected chi connectivity index (χ3v) is 8.02. The summed E-state index contributed by atoms with van der Waals surface area (Å²) in [6.07, 6.45) is 3.43. The summed E-state index contributed by atoms with van der Waals surface area (Å²) >= 11 is 0. The highest BCUT2D eigenvalue weighted by atomic mass is 32.2. The van der Waals surface area contributed by atoms with E-state index in [1.54, 1.807) is 32.0 Å². The fourth-order valence-electron chi connectivity index (χ4n) is 4.77. The molecule has 166 valence electrons. The summed E-state index contributed by atoms with van der Waals surface area (Å²) in [5.74, 6) is -1.20. The molecule has 1 aromatic heterocycles. The van der Waals surface area contributed by atoms with Gasteiger partial charge in [-0.1, -0.05) is 44.2 Å². The molecule has 0 saturated heterocycles.